The van der Waals surface area contributed by atoms with Crippen molar-refractivity contribution in [2.24, 2.45) is 5.73 Å². The fourth-order valence-corrected chi connectivity index (χ4v) is 1.86. The normalized spacial score (nSPS) is 10.7. The van der Waals surface area contributed by atoms with Crippen molar-refractivity contribution in [2.75, 3.05) is 25.0 Å². The van der Waals surface area contributed by atoms with Gasteiger partial charge in [0.25, 0.3) is 0 Å². The summed E-state index contributed by atoms with van der Waals surface area (Å²) in [6.45, 7) is 7.10. The van der Waals surface area contributed by atoms with Crippen LogP contribution in [-0.4, -0.2) is 30.4 Å². The number of unbranched alkanes of at least 4 members (excludes halogenated alkanes) is 1. The van der Waals surface area contributed by atoms with E-state index in [9.17, 15) is 4.79 Å². The Morgan fingerprint density at radius 2 is 1.95 bits per heavy atom. The summed E-state index contributed by atoms with van der Waals surface area (Å²) in [6.07, 6.45) is 2.28. The van der Waals surface area contributed by atoms with E-state index >= 15 is 0 Å². The van der Waals surface area contributed by atoms with Gasteiger partial charge >= 0.3 is 0 Å². The highest BCUT2D eigenvalue weighted by Gasteiger charge is 2.08. The minimum Gasteiger partial charge on any atom is -0.326 e. The van der Waals surface area contributed by atoms with Gasteiger partial charge in [0.15, 0.2) is 0 Å². The third kappa shape index (κ3) is 5.85. The van der Waals surface area contributed by atoms with E-state index in [2.05, 4.69) is 24.1 Å². The number of hydrogen-bond donors (Lipinski definition) is 2. The van der Waals surface area contributed by atoms with E-state index in [0.29, 0.717) is 13.1 Å². The first-order valence-electron chi connectivity index (χ1n) is 7.00. The fourth-order valence-electron chi connectivity index (χ4n) is 1.86. The molecule has 0 heterocycles. The van der Waals surface area contributed by atoms with Gasteiger partial charge in [-0.25, -0.2) is 0 Å². The van der Waals surface area contributed by atoms with E-state index in [4.69, 9.17) is 5.73 Å². The minimum atomic E-state index is 0.0402. The van der Waals surface area contributed by atoms with Gasteiger partial charge in [0.1, 0.15) is 0 Å². The van der Waals surface area contributed by atoms with E-state index in [1.165, 1.54) is 0 Å². The van der Waals surface area contributed by atoms with Crippen molar-refractivity contribution in [1.29, 1.82) is 0 Å². The second kappa shape index (κ2) is 8.67. The molecule has 1 amide bonds. The standard InChI is InChI=1S/C15H25N3O/c1-3-5-10-18(4-2)12-15(19)17-14-8-6-13(11-16)7-9-14/h6-9H,3-5,10-12,16H2,1-2H3,(H,17,19). The van der Waals surface area contributed by atoms with Crippen molar-refractivity contribution >= 4 is 11.6 Å². The molecule has 19 heavy (non-hydrogen) atoms. The fraction of sp³-hybridized carbons (Fsp3) is 0.533. The van der Waals surface area contributed by atoms with E-state index in [0.717, 1.165) is 37.2 Å². The number of carbonyl (C=O) groups is 1. The summed E-state index contributed by atoms with van der Waals surface area (Å²) >= 11 is 0. The van der Waals surface area contributed by atoms with Gasteiger partial charge in [0.2, 0.25) is 5.91 Å². The maximum absolute atomic E-state index is 11.9. The Balaban J connectivity index is 2.44. The van der Waals surface area contributed by atoms with Crippen LogP contribution in [0.5, 0.6) is 0 Å². The number of likely N-dealkylation sites (N-methyl/N-ethyl adjacent to an activating group) is 1. The summed E-state index contributed by atoms with van der Waals surface area (Å²) < 4.78 is 0. The Hall–Kier alpha value is -1.39. The molecule has 0 fully saturated rings. The summed E-state index contributed by atoms with van der Waals surface area (Å²) in [5, 5.41) is 2.91. The largest absolute Gasteiger partial charge is 0.326 e. The first kappa shape index (κ1) is 15.7. The number of nitrogens with zero attached hydrogens (tertiary/aromatic N) is 1. The molecule has 0 radical (unpaired) electrons. The Labute approximate surface area is 116 Å². The Bertz CT molecular complexity index is 375. The Kier molecular flexibility index (Phi) is 7.15. The highest BCUT2D eigenvalue weighted by Crippen LogP contribution is 2.09. The molecular weight excluding hydrogens is 238 g/mol. The number of hydrogen-bond acceptors (Lipinski definition) is 3. The third-order valence-electron chi connectivity index (χ3n) is 3.12. The molecule has 0 bridgehead atoms. The van der Waals surface area contributed by atoms with Crippen LogP contribution in [0.1, 0.15) is 32.3 Å². The number of anilines is 1. The molecule has 0 unspecified atom stereocenters. The molecular formula is C15H25N3O. The van der Waals surface area contributed by atoms with Gasteiger partial charge in [-0.2, -0.15) is 0 Å². The molecule has 0 aliphatic rings. The van der Waals surface area contributed by atoms with Crippen LogP contribution in [0.15, 0.2) is 24.3 Å². The first-order valence-corrected chi connectivity index (χ1v) is 7.00. The molecule has 4 nitrogen and oxygen atoms in total. The second-order valence-corrected chi connectivity index (χ2v) is 4.67. The van der Waals surface area contributed by atoms with Crippen molar-refractivity contribution in [1.82, 2.24) is 4.90 Å². The predicted molar refractivity (Wildman–Crippen MR) is 80.0 cm³/mol. The summed E-state index contributed by atoms with van der Waals surface area (Å²) in [7, 11) is 0. The number of amides is 1. The van der Waals surface area contributed by atoms with Gasteiger partial charge in [0, 0.05) is 12.2 Å². The zero-order valence-electron chi connectivity index (χ0n) is 12.0. The molecule has 1 aromatic rings. The zero-order valence-corrected chi connectivity index (χ0v) is 12.0. The number of rotatable bonds is 8. The zero-order chi connectivity index (χ0) is 14.1. The number of nitrogens with two attached hydrogens (primary N) is 1. The summed E-state index contributed by atoms with van der Waals surface area (Å²) in [6, 6.07) is 7.65. The summed E-state index contributed by atoms with van der Waals surface area (Å²) in [5.74, 6) is 0.0402. The van der Waals surface area contributed by atoms with Gasteiger partial charge in [-0.3, -0.25) is 9.69 Å². The van der Waals surface area contributed by atoms with Crippen LogP contribution in [0.4, 0.5) is 5.69 Å². The molecule has 3 N–H and O–H groups in total. The van der Waals surface area contributed by atoms with Crippen LogP contribution in [0.25, 0.3) is 0 Å². The number of carbonyl (C=O) groups excluding carboxylic acids is 1. The van der Waals surface area contributed by atoms with E-state index in [-0.39, 0.29) is 5.91 Å². The van der Waals surface area contributed by atoms with Crippen molar-refractivity contribution in [3.63, 3.8) is 0 Å². The van der Waals surface area contributed by atoms with Crippen molar-refractivity contribution < 1.29 is 4.79 Å². The molecule has 0 spiro atoms. The maximum Gasteiger partial charge on any atom is 0.238 e. The predicted octanol–water partition coefficient (Wildman–Crippen LogP) is 2.21. The van der Waals surface area contributed by atoms with Gasteiger partial charge in [0.05, 0.1) is 6.54 Å². The van der Waals surface area contributed by atoms with E-state index in [1.54, 1.807) is 0 Å². The molecule has 106 valence electrons. The average molecular weight is 263 g/mol. The molecule has 0 atom stereocenters. The lowest BCUT2D eigenvalue weighted by molar-refractivity contribution is -0.117. The third-order valence-corrected chi connectivity index (χ3v) is 3.12. The van der Waals surface area contributed by atoms with Gasteiger partial charge in [-0.1, -0.05) is 32.4 Å². The maximum atomic E-state index is 11.9. The van der Waals surface area contributed by atoms with Crippen molar-refractivity contribution in [2.45, 2.75) is 33.2 Å². The van der Waals surface area contributed by atoms with Crippen LogP contribution in [0.3, 0.4) is 0 Å². The number of benzene rings is 1. The van der Waals surface area contributed by atoms with Crippen LogP contribution in [-0.2, 0) is 11.3 Å². The van der Waals surface area contributed by atoms with Gasteiger partial charge in [-0.05, 0) is 37.2 Å². The molecule has 1 rings (SSSR count). The first-order chi connectivity index (χ1) is 9.19. The SMILES string of the molecule is CCCCN(CC)CC(=O)Nc1ccc(CN)cc1. The molecule has 0 saturated carbocycles. The van der Waals surface area contributed by atoms with E-state index < -0.39 is 0 Å². The van der Waals surface area contributed by atoms with Crippen LogP contribution < -0.4 is 11.1 Å². The smallest absolute Gasteiger partial charge is 0.238 e. The second-order valence-electron chi connectivity index (χ2n) is 4.67. The lowest BCUT2D eigenvalue weighted by Gasteiger charge is -2.19. The van der Waals surface area contributed by atoms with E-state index in [1.807, 2.05) is 24.3 Å². The lowest BCUT2D eigenvalue weighted by atomic mass is 10.2. The molecule has 4 heteroatoms. The minimum absolute atomic E-state index is 0.0402. The highest BCUT2D eigenvalue weighted by molar-refractivity contribution is 5.92. The van der Waals surface area contributed by atoms with Crippen LogP contribution in [0, 0.1) is 0 Å². The molecule has 0 saturated heterocycles. The summed E-state index contributed by atoms with van der Waals surface area (Å²) in [5.41, 5.74) is 7.43. The molecule has 1 aromatic carbocycles. The highest BCUT2D eigenvalue weighted by atomic mass is 16.2. The number of nitrogens with one attached hydrogen (secondary N) is 1. The van der Waals surface area contributed by atoms with Gasteiger partial charge in [-0.15, -0.1) is 0 Å². The molecule has 0 aliphatic heterocycles. The van der Waals surface area contributed by atoms with Crippen LogP contribution in [0.2, 0.25) is 0 Å². The van der Waals surface area contributed by atoms with Crippen molar-refractivity contribution in [3.8, 4) is 0 Å². The van der Waals surface area contributed by atoms with Gasteiger partial charge < -0.3 is 11.1 Å². The Morgan fingerprint density at radius 3 is 2.47 bits per heavy atom. The monoisotopic (exact) mass is 263 g/mol. The topological polar surface area (TPSA) is 58.4 Å². The Morgan fingerprint density at radius 1 is 1.26 bits per heavy atom. The quantitative estimate of drug-likeness (QED) is 0.756. The average Bonchev–Trinajstić information content (AvgIpc) is 2.44. The summed E-state index contributed by atoms with van der Waals surface area (Å²) in [4.78, 5) is 14.1. The van der Waals surface area contributed by atoms with Crippen LogP contribution >= 0.6 is 0 Å². The van der Waals surface area contributed by atoms with Crippen molar-refractivity contribution in [3.05, 3.63) is 29.8 Å². The molecule has 0 aliphatic carbocycles. The molecule has 0 aromatic heterocycles. The lowest BCUT2D eigenvalue weighted by Crippen LogP contribution is -2.33.